The predicted molar refractivity (Wildman–Crippen MR) is 174 cm³/mol. The lowest BCUT2D eigenvalue weighted by Gasteiger charge is -2.32. The van der Waals surface area contributed by atoms with Crippen molar-refractivity contribution in [1.29, 1.82) is 0 Å². The molecule has 0 saturated heterocycles. The Morgan fingerprint density at radius 1 is 1.11 bits per heavy atom. The average Bonchev–Trinajstić information content (AvgIpc) is 3.69. The van der Waals surface area contributed by atoms with Gasteiger partial charge in [0.2, 0.25) is 5.91 Å². The van der Waals surface area contributed by atoms with Gasteiger partial charge in [-0.05, 0) is 63.3 Å². The summed E-state index contributed by atoms with van der Waals surface area (Å²) in [7, 11) is 3.79. The molecule has 2 amide bonds. The van der Waals surface area contributed by atoms with E-state index in [1.54, 1.807) is 12.5 Å². The SMILES string of the molecule is CN1C(=O)CCCN(Cc2cc(Cl)ccc2OCCCn2ccnc2)CCCNC(=O)c2nn(C)c3c2CC1CC3.O=CO.O=CO. The number of amides is 2. The van der Waals surface area contributed by atoms with Crippen LogP contribution >= 0.6 is 11.6 Å². The summed E-state index contributed by atoms with van der Waals surface area (Å²) in [6.45, 7) is 3.64. The highest BCUT2D eigenvalue weighted by Crippen LogP contribution is 2.28. The number of hydrogen-bond acceptors (Lipinski definition) is 8. The first-order valence-electron chi connectivity index (χ1n) is 15.6. The normalized spacial score (nSPS) is 17.1. The predicted octanol–water partition coefficient (Wildman–Crippen LogP) is 2.87. The van der Waals surface area contributed by atoms with Gasteiger partial charge in [-0.2, -0.15) is 5.10 Å². The van der Waals surface area contributed by atoms with Crippen molar-refractivity contribution in [3.05, 3.63) is 64.5 Å². The van der Waals surface area contributed by atoms with E-state index in [4.69, 9.17) is 36.1 Å². The van der Waals surface area contributed by atoms with Gasteiger partial charge in [-0.3, -0.25) is 28.8 Å². The first-order valence-corrected chi connectivity index (χ1v) is 15.9. The first-order chi connectivity index (χ1) is 22.7. The second-order valence-corrected chi connectivity index (χ2v) is 11.7. The third-order valence-corrected chi connectivity index (χ3v) is 8.42. The van der Waals surface area contributed by atoms with E-state index in [1.807, 2.05) is 52.6 Å². The highest BCUT2D eigenvalue weighted by Gasteiger charge is 2.31. The highest BCUT2D eigenvalue weighted by atomic mass is 35.5. The average molecular weight is 674 g/mol. The fourth-order valence-electron chi connectivity index (χ4n) is 5.88. The van der Waals surface area contributed by atoms with Crippen molar-refractivity contribution in [2.45, 2.75) is 64.1 Å². The van der Waals surface area contributed by atoms with Crippen LogP contribution < -0.4 is 10.1 Å². The van der Waals surface area contributed by atoms with Gasteiger partial charge in [-0.25, -0.2) is 4.98 Å². The molecule has 0 fully saturated rings. The van der Waals surface area contributed by atoms with Gasteiger partial charge in [0.1, 0.15) is 5.75 Å². The number of imidazole rings is 1. The monoisotopic (exact) mass is 673 g/mol. The molecule has 1 atom stereocenters. The van der Waals surface area contributed by atoms with E-state index in [0.717, 1.165) is 74.3 Å². The molecular weight excluding hydrogens is 630 g/mol. The fraction of sp³-hybridized carbons (Fsp3) is 0.500. The van der Waals surface area contributed by atoms with Crippen LogP contribution in [0.25, 0.3) is 0 Å². The molecule has 0 radical (unpaired) electrons. The molecule has 2 aliphatic rings. The zero-order valence-corrected chi connectivity index (χ0v) is 27.6. The summed E-state index contributed by atoms with van der Waals surface area (Å²) in [6.07, 6.45) is 10.8. The smallest absolute Gasteiger partial charge is 0.290 e. The molecule has 0 spiro atoms. The summed E-state index contributed by atoms with van der Waals surface area (Å²) < 4.78 is 10.0. The van der Waals surface area contributed by atoms with Crippen molar-refractivity contribution < 1.29 is 34.1 Å². The van der Waals surface area contributed by atoms with Crippen LogP contribution in [0.1, 0.15) is 59.4 Å². The Balaban J connectivity index is 0.000000930. The van der Waals surface area contributed by atoms with Crippen LogP contribution in [0.2, 0.25) is 5.02 Å². The first kappa shape index (κ1) is 37.0. The third-order valence-electron chi connectivity index (χ3n) is 8.18. The van der Waals surface area contributed by atoms with Crippen molar-refractivity contribution >= 4 is 36.4 Å². The van der Waals surface area contributed by atoms with Gasteiger partial charge in [-0.15, -0.1) is 0 Å². The largest absolute Gasteiger partial charge is 0.493 e. The van der Waals surface area contributed by atoms with Gasteiger partial charge in [-0.1, -0.05) is 11.6 Å². The number of nitrogens with zero attached hydrogens (tertiary/aromatic N) is 6. The molecule has 5 rings (SSSR count). The molecule has 1 aliphatic carbocycles. The van der Waals surface area contributed by atoms with Crippen molar-refractivity contribution in [2.75, 3.05) is 33.3 Å². The van der Waals surface area contributed by atoms with Crippen LogP contribution in [0, 0.1) is 0 Å². The second-order valence-electron chi connectivity index (χ2n) is 11.3. The van der Waals surface area contributed by atoms with Gasteiger partial charge in [0, 0.05) is 87.0 Å². The number of likely N-dealkylation sites (N-methyl/N-ethyl adjacent to an activating group) is 1. The summed E-state index contributed by atoms with van der Waals surface area (Å²) >= 11 is 6.39. The number of benzene rings is 1. The van der Waals surface area contributed by atoms with E-state index in [9.17, 15) is 9.59 Å². The number of halogens is 1. The molecule has 3 aromatic rings. The second kappa shape index (κ2) is 19.3. The topological polar surface area (TPSA) is 172 Å². The molecule has 3 heterocycles. The van der Waals surface area contributed by atoms with E-state index in [1.165, 1.54) is 0 Å². The molecule has 14 nitrogen and oxygen atoms in total. The third kappa shape index (κ3) is 11.1. The number of aromatic nitrogens is 4. The van der Waals surface area contributed by atoms with Crippen molar-refractivity contribution in [2.24, 2.45) is 7.05 Å². The maximum atomic E-state index is 13.2. The molecule has 1 aromatic carbocycles. The Morgan fingerprint density at radius 3 is 2.57 bits per heavy atom. The molecule has 47 heavy (non-hydrogen) atoms. The van der Waals surface area contributed by atoms with Crippen LogP contribution in [0.4, 0.5) is 0 Å². The van der Waals surface area contributed by atoms with Crippen molar-refractivity contribution in [3.63, 3.8) is 0 Å². The summed E-state index contributed by atoms with van der Waals surface area (Å²) in [5, 5.41) is 22.1. The Labute approximate surface area is 279 Å². The summed E-state index contributed by atoms with van der Waals surface area (Å²) in [6, 6.07) is 5.82. The number of carbonyl (C=O) groups is 4. The lowest BCUT2D eigenvalue weighted by molar-refractivity contribution is -0.132. The Hall–Kier alpha value is -4.43. The quantitative estimate of drug-likeness (QED) is 0.250. The minimum atomic E-state index is -0.250. The van der Waals surface area contributed by atoms with Crippen molar-refractivity contribution in [1.82, 2.24) is 34.4 Å². The number of hydrogen-bond donors (Lipinski definition) is 3. The minimum Gasteiger partial charge on any atom is -0.493 e. The standard InChI is InChI=1S/C30H40ClN7O3.2CH2O2/c1-35-24-8-9-26-25(19-24)29(34-36(26)2)30(40)33-11-4-14-37(13-3-6-28(35)39)20-22-18-23(31)7-10-27(22)41-17-5-15-38-16-12-32-21-38;2*2-1-3/h7,10,12,16,18,21,24H,3-6,8-9,11,13-15,17,19-20H2,1-2H3,(H,33,40);2*1H,(H,2,3). The lowest BCUT2D eigenvalue weighted by Crippen LogP contribution is -2.41. The van der Waals surface area contributed by atoms with Crippen LogP contribution in [0.15, 0.2) is 36.9 Å². The maximum absolute atomic E-state index is 13.2. The number of fused-ring (bicyclic) bond motifs is 1. The number of nitrogens with one attached hydrogen (secondary N) is 1. The number of ether oxygens (including phenoxy) is 1. The number of aryl methyl sites for hydroxylation is 2. The number of carbonyl (C=O) groups excluding carboxylic acids is 2. The minimum absolute atomic E-state index is 0.0759. The zero-order chi connectivity index (χ0) is 34.2. The molecule has 2 aromatic heterocycles. The van der Waals surface area contributed by atoms with Crippen LogP contribution in [0.3, 0.4) is 0 Å². The van der Waals surface area contributed by atoms with E-state index < -0.39 is 0 Å². The summed E-state index contributed by atoms with van der Waals surface area (Å²) in [5.41, 5.74) is 3.59. The summed E-state index contributed by atoms with van der Waals surface area (Å²) in [4.78, 5) is 51.3. The summed E-state index contributed by atoms with van der Waals surface area (Å²) in [5.74, 6) is 0.826. The van der Waals surface area contributed by atoms with Crippen LogP contribution in [-0.4, -0.2) is 103 Å². The van der Waals surface area contributed by atoms with Gasteiger partial charge in [0.05, 0.1) is 12.9 Å². The van der Waals surface area contributed by atoms with Crippen LogP contribution in [-0.2, 0) is 47.4 Å². The van der Waals surface area contributed by atoms with E-state index in [-0.39, 0.29) is 30.8 Å². The Kier molecular flexibility index (Phi) is 15.2. The molecular formula is C32H44ClN7O7. The molecule has 1 aliphatic heterocycles. The van der Waals surface area contributed by atoms with E-state index >= 15 is 0 Å². The number of rotatable bonds is 7. The van der Waals surface area contributed by atoms with E-state index in [0.29, 0.717) is 43.3 Å². The molecule has 256 valence electrons. The van der Waals surface area contributed by atoms with Gasteiger partial charge >= 0.3 is 0 Å². The lowest BCUT2D eigenvalue weighted by atomic mass is 9.90. The van der Waals surface area contributed by atoms with Crippen LogP contribution in [0.5, 0.6) is 5.75 Å². The fourth-order valence-corrected chi connectivity index (χ4v) is 6.07. The Bertz CT molecular complexity index is 1440. The molecule has 15 heteroatoms. The highest BCUT2D eigenvalue weighted by molar-refractivity contribution is 6.30. The molecule has 1 unspecified atom stereocenters. The van der Waals surface area contributed by atoms with Gasteiger partial charge in [0.15, 0.2) is 5.69 Å². The maximum Gasteiger partial charge on any atom is 0.290 e. The molecule has 3 N–H and O–H groups in total. The van der Waals surface area contributed by atoms with Crippen molar-refractivity contribution in [3.8, 4) is 5.75 Å². The Morgan fingerprint density at radius 2 is 1.85 bits per heavy atom. The number of carboxylic acid groups (broad SMARTS) is 2. The molecule has 2 bridgehead atoms. The molecule has 0 saturated carbocycles. The van der Waals surface area contributed by atoms with E-state index in [2.05, 4.69) is 20.3 Å². The van der Waals surface area contributed by atoms with Gasteiger partial charge in [0.25, 0.3) is 18.9 Å². The zero-order valence-electron chi connectivity index (χ0n) is 26.9. The van der Waals surface area contributed by atoms with Gasteiger partial charge < -0.3 is 29.7 Å².